The van der Waals surface area contributed by atoms with Crippen LogP contribution in [0.3, 0.4) is 0 Å². The first kappa shape index (κ1) is 7.06. The second kappa shape index (κ2) is 2.69. The van der Waals surface area contributed by atoms with Crippen molar-refractivity contribution in [1.29, 1.82) is 0 Å². The molecule has 0 spiro atoms. The molecule has 0 atom stereocenters. The van der Waals surface area contributed by atoms with E-state index < -0.39 is 0 Å². The molecule has 0 aromatic heterocycles. The Balaban J connectivity index is 2.87. The van der Waals surface area contributed by atoms with E-state index in [-0.39, 0.29) is 0 Å². The maximum absolute atomic E-state index is 5.59. The first-order valence-electron chi connectivity index (χ1n) is 3.39. The van der Waals surface area contributed by atoms with E-state index in [0.717, 1.165) is 24.1 Å². The molecule has 0 saturated carbocycles. The molecule has 0 amide bonds. The predicted molar refractivity (Wildman–Crippen MR) is 43.8 cm³/mol. The third-order valence-electron chi connectivity index (χ3n) is 1.57. The van der Waals surface area contributed by atoms with E-state index in [1.165, 1.54) is 0 Å². The minimum Gasteiger partial charge on any atom is -0.383 e. The summed E-state index contributed by atoms with van der Waals surface area (Å²) in [6.45, 7) is 5.73. The average molecular weight is 136 g/mol. The Hall–Kier alpha value is -1.05. The summed E-state index contributed by atoms with van der Waals surface area (Å²) in [5, 5.41) is 0. The van der Waals surface area contributed by atoms with Crippen LogP contribution in [0.2, 0.25) is 0 Å². The number of nitrogens with two attached hydrogens (primary N) is 1. The van der Waals surface area contributed by atoms with Crippen molar-refractivity contribution in [3.05, 3.63) is 23.9 Å². The molecular weight excluding hydrogens is 124 g/mol. The monoisotopic (exact) mass is 136 g/mol. The fraction of sp³-hybridized carbons (Fsp3) is 0.375. The largest absolute Gasteiger partial charge is 0.383 e. The lowest BCUT2D eigenvalue weighted by Gasteiger charge is -1.95. The normalized spacial score (nSPS) is 19.5. The van der Waals surface area contributed by atoms with E-state index >= 15 is 0 Å². The van der Waals surface area contributed by atoms with Crippen LogP contribution in [-0.2, 0) is 0 Å². The van der Waals surface area contributed by atoms with Crippen LogP contribution in [-0.4, -0.2) is 5.84 Å². The second-order valence-electron chi connectivity index (χ2n) is 2.49. The number of amidine groups is 1. The fourth-order valence-electron chi connectivity index (χ4n) is 0.874. The summed E-state index contributed by atoms with van der Waals surface area (Å²) in [4.78, 5) is 4.09. The molecule has 0 aromatic rings. The molecule has 0 radical (unpaired) electrons. The topological polar surface area (TPSA) is 38.4 Å². The van der Waals surface area contributed by atoms with Gasteiger partial charge in [-0.15, -0.1) is 0 Å². The average Bonchev–Trinajstić information content (AvgIpc) is 1.96. The van der Waals surface area contributed by atoms with Crippen LogP contribution >= 0.6 is 0 Å². The fourth-order valence-corrected chi connectivity index (χ4v) is 0.874. The van der Waals surface area contributed by atoms with Crippen molar-refractivity contribution in [2.45, 2.75) is 19.8 Å². The maximum Gasteiger partial charge on any atom is 0.126 e. The first-order valence-corrected chi connectivity index (χ1v) is 3.39. The molecule has 54 valence electrons. The lowest BCUT2D eigenvalue weighted by atomic mass is 10.2. The first-order chi connectivity index (χ1) is 4.70. The Kier molecular flexibility index (Phi) is 1.90. The SMILES string of the molecule is C=C1CCC=C(C)C(N)=N1. The van der Waals surface area contributed by atoms with E-state index in [1.807, 2.05) is 6.92 Å². The molecule has 2 N–H and O–H groups in total. The van der Waals surface area contributed by atoms with Crippen molar-refractivity contribution in [2.75, 3.05) is 0 Å². The van der Waals surface area contributed by atoms with Gasteiger partial charge in [0.2, 0.25) is 0 Å². The van der Waals surface area contributed by atoms with Gasteiger partial charge < -0.3 is 5.73 Å². The summed E-state index contributed by atoms with van der Waals surface area (Å²) in [7, 11) is 0. The van der Waals surface area contributed by atoms with E-state index in [4.69, 9.17) is 5.73 Å². The molecule has 2 heteroatoms. The zero-order valence-electron chi connectivity index (χ0n) is 6.22. The minimum atomic E-state index is 0.613. The van der Waals surface area contributed by atoms with Gasteiger partial charge in [-0.1, -0.05) is 12.7 Å². The number of hydrogen-bond acceptors (Lipinski definition) is 2. The molecule has 1 aliphatic rings. The van der Waals surface area contributed by atoms with Crippen LogP contribution in [0.4, 0.5) is 0 Å². The van der Waals surface area contributed by atoms with Gasteiger partial charge in [0.1, 0.15) is 5.84 Å². The van der Waals surface area contributed by atoms with Gasteiger partial charge in [0, 0.05) is 5.70 Å². The van der Waals surface area contributed by atoms with Crippen LogP contribution in [0.25, 0.3) is 0 Å². The van der Waals surface area contributed by atoms with Gasteiger partial charge in [-0.3, -0.25) is 0 Å². The molecule has 0 aromatic carbocycles. The number of allylic oxidation sites excluding steroid dienone is 2. The number of aliphatic imine (C=N–C) groups is 1. The van der Waals surface area contributed by atoms with Crippen LogP contribution in [0, 0.1) is 0 Å². The molecule has 0 unspecified atom stereocenters. The molecule has 1 aliphatic heterocycles. The summed E-state index contributed by atoms with van der Waals surface area (Å²) in [5.41, 5.74) is 7.54. The molecule has 0 bridgehead atoms. The number of rotatable bonds is 0. The highest BCUT2D eigenvalue weighted by molar-refractivity contribution is 5.97. The summed E-state index contributed by atoms with van der Waals surface area (Å²) in [5.74, 6) is 0.613. The van der Waals surface area contributed by atoms with Crippen molar-refractivity contribution in [3.8, 4) is 0 Å². The summed E-state index contributed by atoms with van der Waals surface area (Å²) < 4.78 is 0. The predicted octanol–water partition coefficient (Wildman–Crippen LogP) is 1.60. The Bertz CT molecular complexity index is 211. The van der Waals surface area contributed by atoms with E-state index in [1.54, 1.807) is 0 Å². The Morgan fingerprint density at radius 1 is 1.70 bits per heavy atom. The van der Waals surface area contributed by atoms with Crippen molar-refractivity contribution < 1.29 is 0 Å². The van der Waals surface area contributed by atoms with Crippen LogP contribution < -0.4 is 5.73 Å². The molecule has 2 nitrogen and oxygen atoms in total. The van der Waals surface area contributed by atoms with Crippen molar-refractivity contribution >= 4 is 5.84 Å². The molecule has 0 fully saturated rings. The van der Waals surface area contributed by atoms with Gasteiger partial charge in [0.25, 0.3) is 0 Å². The highest BCUT2D eigenvalue weighted by Crippen LogP contribution is 2.11. The standard InChI is InChI=1S/C8H12N2/c1-6-4-3-5-7(2)10-8(6)9/h4H,2-3,5H2,1H3,(H2,9,10). The second-order valence-corrected chi connectivity index (χ2v) is 2.49. The Morgan fingerprint density at radius 2 is 2.40 bits per heavy atom. The van der Waals surface area contributed by atoms with Gasteiger partial charge in [-0.2, -0.15) is 0 Å². The van der Waals surface area contributed by atoms with Crippen molar-refractivity contribution in [1.82, 2.24) is 0 Å². The van der Waals surface area contributed by atoms with Gasteiger partial charge in [0.05, 0.1) is 0 Å². The quantitative estimate of drug-likeness (QED) is 0.539. The lowest BCUT2D eigenvalue weighted by molar-refractivity contribution is 0.974. The van der Waals surface area contributed by atoms with Crippen molar-refractivity contribution in [3.63, 3.8) is 0 Å². The summed E-state index contributed by atoms with van der Waals surface area (Å²) >= 11 is 0. The van der Waals surface area contributed by atoms with E-state index in [2.05, 4.69) is 17.6 Å². The molecule has 1 heterocycles. The van der Waals surface area contributed by atoms with Crippen LogP contribution in [0.5, 0.6) is 0 Å². The van der Waals surface area contributed by atoms with Gasteiger partial charge in [-0.05, 0) is 25.3 Å². The molecular formula is C8H12N2. The maximum atomic E-state index is 5.59. The third-order valence-corrected chi connectivity index (χ3v) is 1.57. The Morgan fingerprint density at radius 3 is 3.10 bits per heavy atom. The third kappa shape index (κ3) is 1.47. The molecule has 0 aliphatic carbocycles. The molecule has 1 rings (SSSR count). The van der Waals surface area contributed by atoms with Crippen molar-refractivity contribution in [2.24, 2.45) is 10.7 Å². The summed E-state index contributed by atoms with van der Waals surface area (Å²) in [6.07, 6.45) is 4.03. The molecule has 0 saturated heterocycles. The number of hydrogen-bond donors (Lipinski definition) is 1. The smallest absolute Gasteiger partial charge is 0.126 e. The van der Waals surface area contributed by atoms with E-state index in [9.17, 15) is 0 Å². The highest BCUT2D eigenvalue weighted by atomic mass is 14.9. The number of nitrogens with zero attached hydrogens (tertiary/aromatic N) is 1. The zero-order chi connectivity index (χ0) is 7.56. The van der Waals surface area contributed by atoms with E-state index in [0.29, 0.717) is 5.84 Å². The van der Waals surface area contributed by atoms with Crippen LogP contribution in [0.1, 0.15) is 19.8 Å². The minimum absolute atomic E-state index is 0.613. The molecule has 10 heavy (non-hydrogen) atoms. The van der Waals surface area contributed by atoms with Gasteiger partial charge in [-0.25, -0.2) is 4.99 Å². The van der Waals surface area contributed by atoms with Crippen LogP contribution in [0.15, 0.2) is 28.9 Å². The van der Waals surface area contributed by atoms with Gasteiger partial charge in [0.15, 0.2) is 0 Å². The Labute approximate surface area is 61.1 Å². The highest BCUT2D eigenvalue weighted by Gasteiger charge is 2.01. The lowest BCUT2D eigenvalue weighted by Crippen LogP contribution is -2.11. The van der Waals surface area contributed by atoms with Gasteiger partial charge >= 0.3 is 0 Å². The summed E-state index contributed by atoms with van der Waals surface area (Å²) in [6, 6.07) is 0. The zero-order valence-corrected chi connectivity index (χ0v) is 6.22.